The van der Waals surface area contributed by atoms with E-state index in [2.05, 4.69) is 6.92 Å². The molecule has 0 N–H and O–H groups in total. The molecule has 0 heterocycles. The standard InChI is InChI=1S/C25H30O5/c1-5-21(29)30-13-20(28)22-14(2)10-18-17-7-6-15-11-16(26)8-9-24(15,3)23(17)19(27)12-25(18,22)4/h8-9,11,17-18,23H,5-7,10,12-13H2,1-4H3/t17-,18-,23+,24-,25-/m0/s1. The van der Waals surface area contributed by atoms with E-state index < -0.39 is 10.8 Å². The molecule has 0 bridgehead atoms. The van der Waals surface area contributed by atoms with Crippen molar-refractivity contribution in [2.24, 2.45) is 28.6 Å². The zero-order valence-corrected chi connectivity index (χ0v) is 18.2. The van der Waals surface area contributed by atoms with E-state index in [9.17, 15) is 19.2 Å². The first-order chi connectivity index (χ1) is 14.1. The van der Waals surface area contributed by atoms with Gasteiger partial charge in [0.15, 0.2) is 18.2 Å². The van der Waals surface area contributed by atoms with Crippen molar-refractivity contribution in [3.8, 4) is 0 Å². The van der Waals surface area contributed by atoms with E-state index in [0.717, 1.165) is 30.4 Å². The summed E-state index contributed by atoms with van der Waals surface area (Å²) in [7, 11) is 0. The SMILES string of the molecule is CCC(=O)OCC(=O)C1=C(C)C[C@H]2[C@@H]3CCC4=CC(=O)C=C[C@]4(C)[C@H]3C(=O)C[C@]12C. The van der Waals surface area contributed by atoms with Crippen LogP contribution >= 0.6 is 0 Å². The second kappa shape index (κ2) is 7.14. The predicted molar refractivity (Wildman–Crippen MR) is 111 cm³/mol. The summed E-state index contributed by atoms with van der Waals surface area (Å²) in [6.07, 6.45) is 8.28. The molecule has 4 aliphatic carbocycles. The zero-order chi connectivity index (χ0) is 21.8. The number of allylic oxidation sites excluding steroid dienone is 5. The van der Waals surface area contributed by atoms with Crippen LogP contribution in [-0.2, 0) is 23.9 Å². The van der Waals surface area contributed by atoms with E-state index in [4.69, 9.17) is 4.74 Å². The van der Waals surface area contributed by atoms with E-state index in [1.807, 2.05) is 19.9 Å². The topological polar surface area (TPSA) is 77.5 Å². The first-order valence-corrected chi connectivity index (χ1v) is 11.0. The fourth-order valence-corrected chi connectivity index (χ4v) is 6.84. The van der Waals surface area contributed by atoms with Gasteiger partial charge in [-0.1, -0.05) is 38.0 Å². The van der Waals surface area contributed by atoms with Gasteiger partial charge in [-0.15, -0.1) is 0 Å². The second-order valence-corrected chi connectivity index (χ2v) is 9.83. The fourth-order valence-electron chi connectivity index (χ4n) is 6.84. The first-order valence-electron chi connectivity index (χ1n) is 11.0. The quantitative estimate of drug-likeness (QED) is 0.657. The van der Waals surface area contributed by atoms with Crippen LogP contribution in [0.5, 0.6) is 0 Å². The van der Waals surface area contributed by atoms with Crippen LogP contribution in [0.2, 0.25) is 0 Å². The van der Waals surface area contributed by atoms with Crippen LogP contribution in [0.4, 0.5) is 0 Å². The largest absolute Gasteiger partial charge is 0.457 e. The highest BCUT2D eigenvalue weighted by Gasteiger charge is 2.61. The third-order valence-electron chi connectivity index (χ3n) is 8.10. The number of carbonyl (C=O) groups is 4. The van der Waals surface area contributed by atoms with Gasteiger partial charge in [-0.3, -0.25) is 19.2 Å². The maximum Gasteiger partial charge on any atom is 0.305 e. The molecular formula is C25H30O5. The van der Waals surface area contributed by atoms with Crippen molar-refractivity contribution in [3.05, 3.63) is 34.9 Å². The van der Waals surface area contributed by atoms with Crippen LogP contribution in [0.25, 0.3) is 0 Å². The maximum atomic E-state index is 13.5. The molecule has 0 spiro atoms. The van der Waals surface area contributed by atoms with Gasteiger partial charge in [-0.2, -0.15) is 0 Å². The van der Waals surface area contributed by atoms with Gasteiger partial charge in [0.1, 0.15) is 5.78 Å². The summed E-state index contributed by atoms with van der Waals surface area (Å²) < 4.78 is 5.11. The van der Waals surface area contributed by atoms with Crippen LogP contribution in [0.15, 0.2) is 34.9 Å². The molecule has 2 saturated carbocycles. The van der Waals surface area contributed by atoms with Crippen LogP contribution in [0.3, 0.4) is 0 Å². The second-order valence-electron chi connectivity index (χ2n) is 9.83. The predicted octanol–water partition coefficient (Wildman–Crippen LogP) is 3.92. The molecule has 4 aliphatic rings. The average Bonchev–Trinajstić information content (AvgIpc) is 2.95. The maximum absolute atomic E-state index is 13.5. The van der Waals surface area contributed by atoms with E-state index >= 15 is 0 Å². The van der Waals surface area contributed by atoms with Crippen molar-refractivity contribution in [3.63, 3.8) is 0 Å². The van der Waals surface area contributed by atoms with Crippen LogP contribution in [0.1, 0.15) is 59.8 Å². The van der Waals surface area contributed by atoms with E-state index in [-0.39, 0.29) is 54.1 Å². The number of Topliss-reactive ketones (excluding diaryl/α,β-unsaturated/α-hetero) is 2. The number of ether oxygens (including phenoxy) is 1. The number of rotatable bonds is 4. The number of carbonyl (C=O) groups excluding carboxylic acids is 4. The number of esters is 1. The van der Waals surface area contributed by atoms with Gasteiger partial charge < -0.3 is 4.74 Å². The molecule has 0 aromatic carbocycles. The Balaban J connectivity index is 1.65. The lowest BCUT2D eigenvalue weighted by Gasteiger charge is -2.55. The molecule has 0 saturated heterocycles. The van der Waals surface area contributed by atoms with Crippen molar-refractivity contribution in [1.29, 1.82) is 0 Å². The lowest BCUT2D eigenvalue weighted by Crippen LogP contribution is -2.54. The normalized spacial score (nSPS) is 37.3. The lowest BCUT2D eigenvalue weighted by atomic mass is 9.47. The summed E-state index contributed by atoms with van der Waals surface area (Å²) in [6.45, 7) is 7.56. The Hall–Kier alpha value is -2.30. The Morgan fingerprint density at radius 1 is 1.23 bits per heavy atom. The van der Waals surface area contributed by atoms with Crippen LogP contribution < -0.4 is 0 Å². The van der Waals surface area contributed by atoms with Gasteiger partial charge in [0, 0.05) is 35.2 Å². The highest BCUT2D eigenvalue weighted by Crippen LogP contribution is 2.64. The van der Waals surface area contributed by atoms with Crippen molar-refractivity contribution in [1.82, 2.24) is 0 Å². The minimum atomic E-state index is -0.510. The number of hydrogen-bond acceptors (Lipinski definition) is 5. The summed E-state index contributed by atoms with van der Waals surface area (Å²) in [5.41, 5.74) is 1.87. The molecule has 2 fully saturated rings. The number of ketones is 3. The Morgan fingerprint density at radius 2 is 1.97 bits per heavy atom. The molecule has 5 heteroatoms. The van der Waals surface area contributed by atoms with E-state index in [1.54, 1.807) is 19.1 Å². The van der Waals surface area contributed by atoms with Crippen molar-refractivity contribution in [2.75, 3.05) is 6.61 Å². The molecule has 0 radical (unpaired) electrons. The molecule has 0 aromatic heterocycles. The summed E-state index contributed by atoms with van der Waals surface area (Å²) in [4.78, 5) is 50.0. The van der Waals surface area contributed by atoms with E-state index in [0.29, 0.717) is 12.0 Å². The Bertz CT molecular complexity index is 935. The van der Waals surface area contributed by atoms with Crippen LogP contribution in [-0.4, -0.2) is 29.9 Å². The Labute approximate surface area is 177 Å². The van der Waals surface area contributed by atoms with E-state index in [1.165, 1.54) is 0 Å². The molecule has 0 unspecified atom stereocenters. The van der Waals surface area contributed by atoms with Crippen LogP contribution in [0, 0.1) is 28.6 Å². The summed E-state index contributed by atoms with van der Waals surface area (Å²) in [5, 5.41) is 0. The Morgan fingerprint density at radius 3 is 2.67 bits per heavy atom. The number of hydrogen-bond donors (Lipinski definition) is 0. The summed E-state index contributed by atoms with van der Waals surface area (Å²) >= 11 is 0. The molecule has 160 valence electrons. The molecule has 0 amide bonds. The molecule has 0 aliphatic heterocycles. The lowest BCUT2D eigenvalue weighted by molar-refractivity contribution is -0.148. The zero-order valence-electron chi connectivity index (χ0n) is 18.2. The molecular weight excluding hydrogens is 380 g/mol. The first kappa shape index (κ1) is 21.0. The third-order valence-corrected chi connectivity index (χ3v) is 8.10. The smallest absolute Gasteiger partial charge is 0.305 e. The molecule has 5 atom stereocenters. The van der Waals surface area contributed by atoms with Crippen molar-refractivity contribution < 1.29 is 23.9 Å². The monoisotopic (exact) mass is 410 g/mol. The van der Waals surface area contributed by atoms with Gasteiger partial charge in [-0.05, 0) is 50.2 Å². The summed E-state index contributed by atoms with van der Waals surface area (Å²) in [5.74, 6) is -0.144. The molecule has 5 nitrogen and oxygen atoms in total. The minimum absolute atomic E-state index is 0.00177. The van der Waals surface area contributed by atoms with Gasteiger partial charge in [-0.25, -0.2) is 0 Å². The number of fused-ring (bicyclic) bond motifs is 5. The highest BCUT2D eigenvalue weighted by molar-refractivity contribution is 6.03. The average molecular weight is 411 g/mol. The highest BCUT2D eigenvalue weighted by atomic mass is 16.5. The van der Waals surface area contributed by atoms with Gasteiger partial charge >= 0.3 is 5.97 Å². The summed E-state index contributed by atoms with van der Waals surface area (Å²) in [6, 6.07) is 0. The van der Waals surface area contributed by atoms with Crippen molar-refractivity contribution >= 4 is 23.3 Å². The molecule has 4 rings (SSSR count). The minimum Gasteiger partial charge on any atom is -0.457 e. The van der Waals surface area contributed by atoms with Gasteiger partial charge in [0.05, 0.1) is 0 Å². The third kappa shape index (κ3) is 2.97. The fraction of sp³-hybridized carbons (Fsp3) is 0.600. The van der Waals surface area contributed by atoms with Gasteiger partial charge in [0.2, 0.25) is 0 Å². The molecule has 0 aromatic rings. The molecule has 30 heavy (non-hydrogen) atoms. The Kier molecular flexibility index (Phi) is 4.99. The van der Waals surface area contributed by atoms with Gasteiger partial charge in [0.25, 0.3) is 0 Å². The van der Waals surface area contributed by atoms with Crippen molar-refractivity contribution in [2.45, 2.75) is 59.8 Å².